The molecule has 1 heterocycles. The molecule has 5 aromatic rings. The quantitative estimate of drug-likeness (QED) is 0.169. The number of carbonyl (C=O) groups excluding carboxylic acids is 1. The highest BCUT2D eigenvalue weighted by Gasteiger charge is 2.14. The summed E-state index contributed by atoms with van der Waals surface area (Å²) in [7, 11) is 0. The van der Waals surface area contributed by atoms with Gasteiger partial charge in [0.15, 0.2) is 5.82 Å². The molecule has 0 saturated heterocycles. The number of fused-ring (bicyclic) bond motifs is 3. The largest absolute Gasteiger partial charge is 0.325 e. The number of hydrogen-bond acceptors (Lipinski definition) is 4. The first-order valence-corrected chi connectivity index (χ1v) is 11.9. The number of rotatable bonds is 5. The molecule has 0 spiro atoms. The zero-order valence-electron chi connectivity index (χ0n) is 17.9. The molecule has 0 fully saturated rings. The molecule has 0 saturated carbocycles. The summed E-state index contributed by atoms with van der Waals surface area (Å²) in [5.74, 6) is 0.756. The summed E-state index contributed by atoms with van der Waals surface area (Å²) in [6, 6.07) is 27.7. The van der Waals surface area contributed by atoms with Crippen LogP contribution in [0.25, 0.3) is 33.1 Å². The third-order valence-electron chi connectivity index (χ3n) is 5.47. The molecule has 1 N–H and O–H groups in total. The lowest BCUT2D eigenvalue weighted by molar-refractivity contribution is -0.113. The van der Waals surface area contributed by atoms with Crippen molar-refractivity contribution < 1.29 is 4.79 Å². The Hall–Kier alpha value is -3.41. The number of thioether (sulfide) groups is 1. The molecule has 6 heteroatoms. The predicted molar refractivity (Wildman–Crippen MR) is 138 cm³/mol. The van der Waals surface area contributed by atoms with E-state index >= 15 is 0 Å². The van der Waals surface area contributed by atoms with E-state index in [-0.39, 0.29) is 11.7 Å². The summed E-state index contributed by atoms with van der Waals surface area (Å²) in [5, 5.41) is 7.48. The Labute approximate surface area is 201 Å². The highest BCUT2D eigenvalue weighted by atomic mass is 35.5. The minimum Gasteiger partial charge on any atom is -0.325 e. The maximum Gasteiger partial charge on any atom is 0.234 e. The standard InChI is InChI=1S/C27H20ClN3OS/c1-17-22(28)12-7-13-23(17)29-24(32)16-33-27-21-15-14-18-8-5-6-11-20(18)25(21)30-26(31-27)19-9-3-2-4-10-19/h2-15H,16H2,1H3,(H,29,32). The lowest BCUT2D eigenvalue weighted by atomic mass is 10.1. The van der Waals surface area contributed by atoms with Gasteiger partial charge in [-0.15, -0.1) is 0 Å². The fourth-order valence-electron chi connectivity index (χ4n) is 3.72. The number of hydrogen-bond donors (Lipinski definition) is 1. The van der Waals surface area contributed by atoms with Crippen molar-refractivity contribution in [3.05, 3.63) is 95.5 Å². The van der Waals surface area contributed by atoms with Gasteiger partial charge in [-0.25, -0.2) is 9.97 Å². The van der Waals surface area contributed by atoms with Crippen molar-refractivity contribution in [3.63, 3.8) is 0 Å². The predicted octanol–water partition coefficient (Wildman–Crippen LogP) is 7.14. The fourth-order valence-corrected chi connectivity index (χ4v) is 4.71. The summed E-state index contributed by atoms with van der Waals surface area (Å²) < 4.78 is 0. The second kappa shape index (κ2) is 9.22. The summed E-state index contributed by atoms with van der Waals surface area (Å²) in [5.41, 5.74) is 3.39. The molecule has 1 amide bonds. The molecule has 0 aliphatic carbocycles. The van der Waals surface area contributed by atoms with Crippen molar-refractivity contribution in [1.29, 1.82) is 0 Å². The van der Waals surface area contributed by atoms with Gasteiger partial charge in [0, 0.05) is 27.0 Å². The van der Waals surface area contributed by atoms with Crippen molar-refractivity contribution in [2.24, 2.45) is 0 Å². The van der Waals surface area contributed by atoms with Gasteiger partial charge in [-0.3, -0.25) is 4.79 Å². The van der Waals surface area contributed by atoms with Gasteiger partial charge in [0.05, 0.1) is 11.3 Å². The number of nitrogens with zero attached hydrogens (tertiary/aromatic N) is 2. The molecule has 0 radical (unpaired) electrons. The monoisotopic (exact) mass is 469 g/mol. The van der Waals surface area contributed by atoms with Crippen LogP contribution in [0.1, 0.15) is 5.56 Å². The second-order valence-corrected chi connectivity index (χ2v) is 9.02. The Morgan fingerprint density at radius 3 is 2.52 bits per heavy atom. The minimum absolute atomic E-state index is 0.112. The Kier molecular flexibility index (Phi) is 5.99. The molecule has 4 nitrogen and oxygen atoms in total. The van der Waals surface area contributed by atoms with Crippen LogP contribution < -0.4 is 5.32 Å². The maximum absolute atomic E-state index is 12.7. The summed E-state index contributed by atoms with van der Waals surface area (Å²) in [4.78, 5) is 22.5. The zero-order valence-corrected chi connectivity index (χ0v) is 19.5. The molecular weight excluding hydrogens is 450 g/mol. The second-order valence-electron chi connectivity index (χ2n) is 7.65. The molecule has 1 aromatic heterocycles. The van der Waals surface area contributed by atoms with Crippen molar-refractivity contribution in [2.45, 2.75) is 11.9 Å². The zero-order chi connectivity index (χ0) is 22.8. The average Bonchev–Trinajstić information content (AvgIpc) is 2.85. The van der Waals surface area contributed by atoms with Crippen LogP contribution in [-0.2, 0) is 4.79 Å². The van der Waals surface area contributed by atoms with Gasteiger partial charge in [0.2, 0.25) is 5.91 Å². The van der Waals surface area contributed by atoms with E-state index in [2.05, 4.69) is 23.5 Å². The van der Waals surface area contributed by atoms with Crippen LogP contribution in [0.5, 0.6) is 0 Å². The highest BCUT2D eigenvalue weighted by molar-refractivity contribution is 8.00. The number of halogens is 1. The average molecular weight is 470 g/mol. The van der Waals surface area contributed by atoms with E-state index in [1.807, 2.05) is 73.7 Å². The number of anilines is 1. The number of carbonyl (C=O) groups is 1. The first kappa shape index (κ1) is 21.4. The molecule has 4 aromatic carbocycles. The normalized spacial score (nSPS) is 11.1. The fraction of sp³-hybridized carbons (Fsp3) is 0.0741. The van der Waals surface area contributed by atoms with Gasteiger partial charge >= 0.3 is 0 Å². The van der Waals surface area contributed by atoms with Crippen molar-refractivity contribution in [2.75, 3.05) is 11.1 Å². The molecular formula is C27H20ClN3OS. The molecule has 0 bridgehead atoms. The number of aromatic nitrogens is 2. The topological polar surface area (TPSA) is 54.9 Å². The summed E-state index contributed by atoms with van der Waals surface area (Å²) >= 11 is 7.59. The van der Waals surface area contributed by atoms with Gasteiger partial charge < -0.3 is 5.32 Å². The number of amides is 1. The molecule has 0 atom stereocenters. The Morgan fingerprint density at radius 1 is 0.879 bits per heavy atom. The van der Waals surface area contributed by atoms with Crippen molar-refractivity contribution in [3.8, 4) is 11.4 Å². The number of nitrogens with one attached hydrogen (secondary N) is 1. The van der Waals surface area contributed by atoms with E-state index in [1.54, 1.807) is 0 Å². The van der Waals surface area contributed by atoms with Crippen LogP contribution in [0.3, 0.4) is 0 Å². The van der Waals surface area contributed by atoms with Crippen LogP contribution in [0.4, 0.5) is 5.69 Å². The molecule has 0 aliphatic rings. The van der Waals surface area contributed by atoms with Gasteiger partial charge in [-0.05, 0) is 36.1 Å². The van der Waals surface area contributed by atoms with Crippen molar-refractivity contribution in [1.82, 2.24) is 9.97 Å². The molecule has 162 valence electrons. The lowest BCUT2D eigenvalue weighted by Crippen LogP contribution is -2.15. The van der Waals surface area contributed by atoms with E-state index < -0.39 is 0 Å². The summed E-state index contributed by atoms with van der Waals surface area (Å²) in [6.45, 7) is 1.89. The van der Waals surface area contributed by atoms with E-state index in [4.69, 9.17) is 21.6 Å². The van der Waals surface area contributed by atoms with E-state index in [9.17, 15) is 4.79 Å². The van der Waals surface area contributed by atoms with Crippen LogP contribution >= 0.6 is 23.4 Å². The Morgan fingerprint density at radius 2 is 1.67 bits per heavy atom. The molecule has 33 heavy (non-hydrogen) atoms. The van der Waals surface area contributed by atoms with Gasteiger partial charge in [-0.1, -0.05) is 90.1 Å². The van der Waals surface area contributed by atoms with Crippen molar-refractivity contribution >= 4 is 56.6 Å². The van der Waals surface area contributed by atoms with Crippen LogP contribution in [0.15, 0.2) is 90.0 Å². The van der Waals surface area contributed by atoms with E-state index in [1.165, 1.54) is 11.8 Å². The van der Waals surface area contributed by atoms with Gasteiger partial charge in [0.25, 0.3) is 0 Å². The molecule has 0 aliphatic heterocycles. The number of benzene rings is 4. The highest BCUT2D eigenvalue weighted by Crippen LogP contribution is 2.33. The van der Waals surface area contributed by atoms with Crippen LogP contribution in [-0.4, -0.2) is 21.6 Å². The first-order chi connectivity index (χ1) is 16.1. The SMILES string of the molecule is Cc1c(Cl)cccc1NC(=O)CSc1nc(-c2ccccc2)nc2c1ccc1ccccc12. The van der Waals surface area contributed by atoms with Crippen LogP contribution in [0.2, 0.25) is 5.02 Å². The van der Waals surface area contributed by atoms with E-state index in [0.717, 1.165) is 43.5 Å². The van der Waals surface area contributed by atoms with Gasteiger partial charge in [-0.2, -0.15) is 0 Å². The maximum atomic E-state index is 12.7. The third kappa shape index (κ3) is 4.42. The minimum atomic E-state index is -0.112. The lowest BCUT2D eigenvalue weighted by Gasteiger charge is -2.12. The smallest absolute Gasteiger partial charge is 0.234 e. The Balaban J connectivity index is 1.52. The first-order valence-electron chi connectivity index (χ1n) is 10.5. The van der Waals surface area contributed by atoms with Crippen LogP contribution in [0, 0.1) is 6.92 Å². The third-order valence-corrected chi connectivity index (χ3v) is 6.87. The van der Waals surface area contributed by atoms with E-state index in [0.29, 0.717) is 10.8 Å². The molecule has 0 unspecified atom stereocenters. The Bertz CT molecular complexity index is 1490. The molecule has 5 rings (SSSR count). The summed E-state index contributed by atoms with van der Waals surface area (Å²) in [6.07, 6.45) is 0. The van der Waals surface area contributed by atoms with Gasteiger partial charge in [0.1, 0.15) is 5.03 Å².